The van der Waals surface area contributed by atoms with Gasteiger partial charge in [-0.3, -0.25) is 9.59 Å². The van der Waals surface area contributed by atoms with Crippen LogP contribution in [0.25, 0.3) is 0 Å². The number of halogens is 2. The van der Waals surface area contributed by atoms with Gasteiger partial charge in [-0.2, -0.15) is 5.10 Å². The zero-order valence-corrected chi connectivity index (χ0v) is 16.1. The molecule has 0 aliphatic heterocycles. The molecule has 3 aromatic rings. The minimum Gasteiger partial charge on any atom is -0.322 e. The lowest BCUT2D eigenvalue weighted by Gasteiger charge is -2.06. The summed E-state index contributed by atoms with van der Waals surface area (Å²) in [5, 5.41) is 6.62. The number of nitrogens with zero attached hydrogens (tertiary/aromatic N) is 1. The largest absolute Gasteiger partial charge is 0.322 e. The Labute approximate surface area is 169 Å². The van der Waals surface area contributed by atoms with Crippen molar-refractivity contribution in [2.24, 2.45) is 5.10 Å². The molecule has 0 bridgehead atoms. The lowest BCUT2D eigenvalue weighted by Crippen LogP contribution is -2.17. The molecule has 7 heteroatoms. The second kappa shape index (κ2) is 9.05. The third kappa shape index (κ3) is 5.34. The van der Waals surface area contributed by atoms with E-state index < -0.39 is 5.82 Å². The standard InChI is InChI=1S/C21H15BrFN3O2/c22-17-3-1-2-14(12-17)13-24-26-21(28)16-6-10-19(11-7-16)25-20(27)15-4-8-18(23)9-5-15/h1-13H,(H,25,27)(H,26,28)/b24-13-. The summed E-state index contributed by atoms with van der Waals surface area (Å²) in [4.78, 5) is 24.2. The molecular weight excluding hydrogens is 425 g/mol. The van der Waals surface area contributed by atoms with Crippen molar-refractivity contribution in [1.29, 1.82) is 0 Å². The molecule has 140 valence electrons. The van der Waals surface area contributed by atoms with E-state index in [4.69, 9.17) is 0 Å². The van der Waals surface area contributed by atoms with Gasteiger partial charge in [-0.15, -0.1) is 0 Å². The van der Waals surface area contributed by atoms with Gasteiger partial charge in [0, 0.05) is 21.3 Å². The Morgan fingerprint density at radius 2 is 1.54 bits per heavy atom. The van der Waals surface area contributed by atoms with Crippen molar-refractivity contribution in [2.45, 2.75) is 0 Å². The van der Waals surface area contributed by atoms with Gasteiger partial charge in [0.1, 0.15) is 5.82 Å². The lowest BCUT2D eigenvalue weighted by molar-refractivity contribution is 0.0954. The van der Waals surface area contributed by atoms with Gasteiger partial charge in [-0.1, -0.05) is 28.1 Å². The van der Waals surface area contributed by atoms with Gasteiger partial charge in [0.15, 0.2) is 0 Å². The van der Waals surface area contributed by atoms with Gasteiger partial charge in [-0.25, -0.2) is 9.82 Å². The molecule has 0 unspecified atom stereocenters. The molecule has 0 aliphatic carbocycles. The van der Waals surface area contributed by atoms with Crippen LogP contribution in [0.1, 0.15) is 26.3 Å². The fourth-order valence-electron chi connectivity index (χ4n) is 2.33. The number of carbonyl (C=O) groups excluding carboxylic acids is 2. The molecule has 0 saturated heterocycles. The highest BCUT2D eigenvalue weighted by molar-refractivity contribution is 9.10. The molecule has 2 amide bonds. The van der Waals surface area contributed by atoms with Crippen molar-refractivity contribution in [3.8, 4) is 0 Å². The molecule has 3 rings (SSSR count). The van der Waals surface area contributed by atoms with Crippen LogP contribution in [-0.4, -0.2) is 18.0 Å². The minimum atomic E-state index is -0.408. The van der Waals surface area contributed by atoms with Crippen LogP contribution in [0.15, 0.2) is 82.4 Å². The second-order valence-electron chi connectivity index (χ2n) is 5.79. The van der Waals surface area contributed by atoms with Crippen molar-refractivity contribution in [1.82, 2.24) is 5.43 Å². The Morgan fingerprint density at radius 3 is 2.21 bits per heavy atom. The topological polar surface area (TPSA) is 70.6 Å². The molecule has 0 heterocycles. The monoisotopic (exact) mass is 439 g/mol. The first-order valence-corrected chi connectivity index (χ1v) is 9.06. The molecule has 0 saturated carbocycles. The number of hydrazone groups is 1. The first-order chi connectivity index (χ1) is 13.5. The Balaban J connectivity index is 1.58. The van der Waals surface area contributed by atoms with E-state index >= 15 is 0 Å². The van der Waals surface area contributed by atoms with Gasteiger partial charge in [0.25, 0.3) is 11.8 Å². The van der Waals surface area contributed by atoms with Crippen molar-refractivity contribution >= 4 is 39.6 Å². The number of hydrogen-bond donors (Lipinski definition) is 2. The van der Waals surface area contributed by atoms with Crippen molar-refractivity contribution in [3.05, 3.63) is 99.8 Å². The van der Waals surface area contributed by atoms with Crippen LogP contribution in [0.5, 0.6) is 0 Å². The maximum absolute atomic E-state index is 12.9. The van der Waals surface area contributed by atoms with Crippen LogP contribution in [0.3, 0.4) is 0 Å². The van der Waals surface area contributed by atoms with Crippen LogP contribution < -0.4 is 10.7 Å². The highest BCUT2D eigenvalue weighted by Gasteiger charge is 2.08. The number of nitrogens with one attached hydrogen (secondary N) is 2. The predicted octanol–water partition coefficient (Wildman–Crippen LogP) is 4.60. The summed E-state index contributed by atoms with van der Waals surface area (Å²) in [6, 6.07) is 19.1. The molecule has 0 fully saturated rings. The van der Waals surface area contributed by atoms with E-state index in [0.717, 1.165) is 10.0 Å². The fraction of sp³-hybridized carbons (Fsp3) is 0. The molecule has 28 heavy (non-hydrogen) atoms. The SMILES string of the molecule is O=C(N/N=C\c1cccc(Br)c1)c1ccc(NC(=O)c2ccc(F)cc2)cc1. The number of amides is 2. The number of anilines is 1. The molecule has 0 radical (unpaired) electrons. The van der Waals surface area contributed by atoms with Crippen LogP contribution >= 0.6 is 15.9 Å². The third-order valence-electron chi connectivity index (χ3n) is 3.74. The zero-order valence-electron chi connectivity index (χ0n) is 14.5. The summed E-state index contributed by atoms with van der Waals surface area (Å²) in [6.45, 7) is 0. The normalized spacial score (nSPS) is 10.6. The smallest absolute Gasteiger partial charge is 0.271 e. The highest BCUT2D eigenvalue weighted by Crippen LogP contribution is 2.12. The van der Waals surface area contributed by atoms with E-state index in [2.05, 4.69) is 31.8 Å². The molecule has 5 nitrogen and oxygen atoms in total. The Hall–Kier alpha value is -3.32. The van der Waals surface area contributed by atoms with Crippen LogP contribution in [-0.2, 0) is 0 Å². The number of rotatable bonds is 5. The van der Waals surface area contributed by atoms with Crippen molar-refractivity contribution in [2.75, 3.05) is 5.32 Å². The maximum atomic E-state index is 12.9. The summed E-state index contributed by atoms with van der Waals surface area (Å²) >= 11 is 3.37. The summed E-state index contributed by atoms with van der Waals surface area (Å²) in [5.41, 5.74) is 4.54. The van der Waals surface area contributed by atoms with E-state index in [-0.39, 0.29) is 11.8 Å². The van der Waals surface area contributed by atoms with Gasteiger partial charge >= 0.3 is 0 Å². The van der Waals surface area contributed by atoms with Crippen LogP contribution in [0.4, 0.5) is 10.1 Å². The average Bonchev–Trinajstić information content (AvgIpc) is 2.69. The van der Waals surface area contributed by atoms with Crippen LogP contribution in [0.2, 0.25) is 0 Å². The van der Waals surface area contributed by atoms with E-state index in [1.807, 2.05) is 24.3 Å². The molecule has 0 atom stereocenters. The van der Waals surface area contributed by atoms with Gasteiger partial charge in [0.05, 0.1) is 6.21 Å². The van der Waals surface area contributed by atoms with E-state index in [1.165, 1.54) is 24.3 Å². The van der Waals surface area contributed by atoms with E-state index in [1.54, 1.807) is 30.5 Å². The number of carbonyl (C=O) groups is 2. The first kappa shape index (κ1) is 19.4. The predicted molar refractivity (Wildman–Crippen MR) is 110 cm³/mol. The molecule has 0 spiro atoms. The van der Waals surface area contributed by atoms with Crippen molar-refractivity contribution < 1.29 is 14.0 Å². The fourth-order valence-corrected chi connectivity index (χ4v) is 2.74. The molecule has 2 N–H and O–H groups in total. The minimum absolute atomic E-state index is 0.338. The highest BCUT2D eigenvalue weighted by atomic mass is 79.9. The Bertz CT molecular complexity index is 1020. The average molecular weight is 440 g/mol. The summed E-state index contributed by atoms with van der Waals surface area (Å²) in [5.74, 6) is -1.15. The maximum Gasteiger partial charge on any atom is 0.271 e. The van der Waals surface area contributed by atoms with Gasteiger partial charge in [0.2, 0.25) is 0 Å². The molecular formula is C21H15BrFN3O2. The number of benzene rings is 3. The van der Waals surface area contributed by atoms with Gasteiger partial charge < -0.3 is 5.32 Å². The second-order valence-corrected chi connectivity index (χ2v) is 6.71. The molecule has 0 aliphatic rings. The zero-order chi connectivity index (χ0) is 19.9. The molecule has 0 aromatic heterocycles. The molecule has 3 aromatic carbocycles. The quantitative estimate of drug-likeness (QED) is 0.450. The Kier molecular flexibility index (Phi) is 6.29. The third-order valence-corrected chi connectivity index (χ3v) is 4.23. The van der Waals surface area contributed by atoms with Gasteiger partial charge in [-0.05, 0) is 66.2 Å². The van der Waals surface area contributed by atoms with E-state index in [0.29, 0.717) is 16.8 Å². The number of hydrogen-bond acceptors (Lipinski definition) is 3. The van der Waals surface area contributed by atoms with Crippen LogP contribution in [0, 0.1) is 5.82 Å². The summed E-state index contributed by atoms with van der Waals surface area (Å²) in [7, 11) is 0. The van der Waals surface area contributed by atoms with Crippen molar-refractivity contribution in [3.63, 3.8) is 0 Å². The summed E-state index contributed by atoms with van der Waals surface area (Å²) < 4.78 is 13.8. The summed E-state index contributed by atoms with van der Waals surface area (Å²) in [6.07, 6.45) is 1.54. The lowest BCUT2D eigenvalue weighted by atomic mass is 10.1. The van der Waals surface area contributed by atoms with E-state index in [9.17, 15) is 14.0 Å². The Morgan fingerprint density at radius 1 is 0.893 bits per heavy atom. The first-order valence-electron chi connectivity index (χ1n) is 8.27.